The van der Waals surface area contributed by atoms with Crippen LogP contribution >= 0.6 is 11.3 Å². The van der Waals surface area contributed by atoms with Crippen LogP contribution < -0.4 is 10.1 Å². The van der Waals surface area contributed by atoms with Crippen molar-refractivity contribution in [3.05, 3.63) is 66.6 Å². The van der Waals surface area contributed by atoms with Gasteiger partial charge in [-0.3, -0.25) is 4.68 Å². The van der Waals surface area contributed by atoms with Gasteiger partial charge >= 0.3 is 0 Å². The minimum Gasteiger partial charge on any atom is -0.496 e. The molecule has 1 aliphatic rings. The Morgan fingerprint density at radius 3 is 2.91 bits per heavy atom. The lowest BCUT2D eigenvalue weighted by Gasteiger charge is -2.26. The first-order valence-electron chi connectivity index (χ1n) is 11.1. The molecule has 1 N–H and O–H groups in total. The number of benzene rings is 2. The number of nitrogens with one attached hydrogen (secondary N) is 1. The van der Waals surface area contributed by atoms with Gasteiger partial charge in [0.2, 0.25) is 0 Å². The number of ether oxygens (including phenoxy) is 1. The fourth-order valence-corrected chi connectivity index (χ4v) is 5.10. The number of fused-ring (bicyclic) bond motifs is 2. The van der Waals surface area contributed by atoms with Gasteiger partial charge in [-0.2, -0.15) is 5.10 Å². The highest BCUT2D eigenvalue weighted by atomic mass is 32.1. The molecular formula is C25H22FN7OS. The zero-order chi connectivity index (χ0) is 23.9. The van der Waals surface area contributed by atoms with Crippen molar-refractivity contribution in [1.82, 2.24) is 29.6 Å². The highest BCUT2D eigenvalue weighted by molar-refractivity contribution is 7.16. The van der Waals surface area contributed by atoms with E-state index in [1.54, 1.807) is 29.3 Å². The van der Waals surface area contributed by atoms with Crippen LogP contribution in [0.4, 0.5) is 15.9 Å². The SMILES string of the molecule is COc1cc2ncnc(Nc3ccc4ncsc4c3)c2cc1-c1cnn(C2CCN(C)C=C2F)c1. The van der Waals surface area contributed by atoms with Crippen molar-refractivity contribution >= 4 is 44.0 Å². The van der Waals surface area contributed by atoms with Gasteiger partial charge in [-0.05, 0) is 30.7 Å². The Kier molecular flexibility index (Phi) is 5.29. The second-order valence-electron chi connectivity index (χ2n) is 8.46. The van der Waals surface area contributed by atoms with Gasteiger partial charge in [-0.25, -0.2) is 19.3 Å². The molecule has 0 saturated carbocycles. The number of hydrogen-bond acceptors (Lipinski definition) is 8. The summed E-state index contributed by atoms with van der Waals surface area (Å²) in [5.74, 6) is 1.14. The molecular weight excluding hydrogens is 465 g/mol. The van der Waals surface area contributed by atoms with E-state index in [4.69, 9.17) is 4.74 Å². The summed E-state index contributed by atoms with van der Waals surface area (Å²) < 4.78 is 23.1. The Bertz CT molecular complexity index is 1580. The third-order valence-electron chi connectivity index (χ3n) is 6.20. The highest BCUT2D eigenvalue weighted by Gasteiger charge is 2.23. The van der Waals surface area contributed by atoms with E-state index in [1.165, 1.54) is 12.5 Å². The Morgan fingerprint density at radius 1 is 1.14 bits per heavy atom. The number of anilines is 2. The van der Waals surface area contributed by atoms with Crippen LogP contribution in [0.2, 0.25) is 0 Å². The number of halogens is 1. The molecule has 6 rings (SSSR count). The summed E-state index contributed by atoms with van der Waals surface area (Å²) in [4.78, 5) is 15.1. The zero-order valence-corrected chi connectivity index (χ0v) is 20.0. The van der Waals surface area contributed by atoms with E-state index in [2.05, 4.69) is 31.4 Å². The molecule has 0 aliphatic carbocycles. The van der Waals surface area contributed by atoms with Gasteiger partial charge < -0.3 is 15.0 Å². The standard InChI is InChI=1S/C25H22FN7OS/c1-32-6-5-22(19(26)12-32)33-11-15(10-30-33)17-8-18-21(9-23(17)34-2)27-13-28-25(18)31-16-3-4-20-24(7-16)35-14-29-20/h3-4,7-14,22H,5-6H2,1-2H3,(H,27,28,31). The lowest BCUT2D eigenvalue weighted by atomic mass is 10.0. The summed E-state index contributed by atoms with van der Waals surface area (Å²) in [6.07, 6.45) is 7.32. The van der Waals surface area contributed by atoms with Crippen molar-refractivity contribution in [2.75, 3.05) is 26.0 Å². The average Bonchev–Trinajstić information content (AvgIpc) is 3.53. The minimum atomic E-state index is -0.409. The van der Waals surface area contributed by atoms with E-state index in [-0.39, 0.29) is 5.83 Å². The van der Waals surface area contributed by atoms with E-state index in [1.807, 2.05) is 47.9 Å². The predicted molar refractivity (Wildman–Crippen MR) is 136 cm³/mol. The van der Waals surface area contributed by atoms with E-state index in [9.17, 15) is 4.39 Å². The smallest absolute Gasteiger partial charge is 0.141 e. The molecule has 0 amide bonds. The highest BCUT2D eigenvalue weighted by Crippen LogP contribution is 2.37. The number of aromatic nitrogens is 5. The van der Waals surface area contributed by atoms with E-state index in [0.29, 0.717) is 18.0 Å². The third kappa shape index (κ3) is 3.95. The van der Waals surface area contributed by atoms with Gasteiger partial charge in [0.15, 0.2) is 0 Å². The number of rotatable bonds is 5. The van der Waals surface area contributed by atoms with Crippen molar-refractivity contribution in [2.45, 2.75) is 12.5 Å². The fourth-order valence-electron chi connectivity index (χ4n) is 4.38. The van der Waals surface area contributed by atoms with Crippen LogP contribution in [0.15, 0.2) is 66.6 Å². The first-order chi connectivity index (χ1) is 17.1. The van der Waals surface area contributed by atoms with Crippen LogP contribution in [0.1, 0.15) is 12.5 Å². The molecule has 176 valence electrons. The molecule has 1 unspecified atom stereocenters. The molecule has 0 saturated heterocycles. The summed E-state index contributed by atoms with van der Waals surface area (Å²) in [5, 5.41) is 8.73. The summed E-state index contributed by atoms with van der Waals surface area (Å²) in [5.41, 5.74) is 6.12. The van der Waals surface area contributed by atoms with Crippen molar-refractivity contribution in [1.29, 1.82) is 0 Å². The predicted octanol–water partition coefficient (Wildman–Crippen LogP) is 5.54. The number of methoxy groups -OCH3 is 1. The first-order valence-corrected chi connectivity index (χ1v) is 12.0. The second kappa shape index (κ2) is 8.62. The molecule has 0 radical (unpaired) electrons. The molecule has 5 aromatic rings. The maximum Gasteiger partial charge on any atom is 0.141 e. The number of thiazole rings is 1. The Balaban J connectivity index is 1.40. The van der Waals surface area contributed by atoms with E-state index in [0.717, 1.165) is 44.5 Å². The molecule has 0 fully saturated rings. The van der Waals surface area contributed by atoms with Crippen molar-refractivity contribution in [2.24, 2.45) is 0 Å². The number of nitrogens with zero attached hydrogens (tertiary/aromatic N) is 6. The lowest BCUT2D eigenvalue weighted by molar-refractivity contribution is 0.298. The van der Waals surface area contributed by atoms with Crippen LogP contribution in [-0.4, -0.2) is 50.3 Å². The number of allylic oxidation sites excluding steroid dienone is 1. The molecule has 4 heterocycles. The summed E-state index contributed by atoms with van der Waals surface area (Å²) >= 11 is 1.59. The van der Waals surface area contributed by atoms with Gasteiger partial charge in [-0.15, -0.1) is 11.3 Å². The molecule has 1 aliphatic heterocycles. The topological polar surface area (TPSA) is 81.0 Å². The maximum atomic E-state index is 14.6. The Hall–Kier alpha value is -4.05. The second-order valence-corrected chi connectivity index (χ2v) is 9.35. The Labute approximate surface area is 204 Å². The molecule has 2 aromatic carbocycles. The normalized spacial score (nSPS) is 16.0. The van der Waals surface area contributed by atoms with Crippen LogP contribution in [-0.2, 0) is 0 Å². The van der Waals surface area contributed by atoms with Crippen LogP contribution in [0.5, 0.6) is 5.75 Å². The van der Waals surface area contributed by atoms with Gasteiger partial charge in [0.1, 0.15) is 29.8 Å². The maximum absolute atomic E-state index is 14.6. The Morgan fingerprint density at radius 2 is 2.06 bits per heavy atom. The largest absolute Gasteiger partial charge is 0.496 e. The van der Waals surface area contributed by atoms with Gasteiger partial charge in [0.25, 0.3) is 0 Å². The summed E-state index contributed by atoms with van der Waals surface area (Å²) in [6.45, 7) is 0.770. The van der Waals surface area contributed by atoms with E-state index < -0.39 is 6.04 Å². The van der Waals surface area contributed by atoms with E-state index >= 15 is 0 Å². The quantitative estimate of drug-likeness (QED) is 0.348. The molecule has 35 heavy (non-hydrogen) atoms. The molecule has 0 spiro atoms. The molecule has 10 heteroatoms. The van der Waals surface area contributed by atoms with Crippen LogP contribution in [0.25, 0.3) is 32.2 Å². The first kappa shape index (κ1) is 21.5. The minimum absolute atomic E-state index is 0.198. The molecule has 3 aromatic heterocycles. The monoisotopic (exact) mass is 487 g/mol. The van der Waals surface area contributed by atoms with Crippen molar-refractivity contribution in [3.63, 3.8) is 0 Å². The average molecular weight is 488 g/mol. The number of hydrogen-bond donors (Lipinski definition) is 1. The van der Waals surface area contributed by atoms with Gasteiger partial charge in [0, 0.05) is 54.3 Å². The van der Waals surface area contributed by atoms with Crippen LogP contribution in [0, 0.1) is 0 Å². The molecule has 1 atom stereocenters. The van der Waals surface area contributed by atoms with Crippen molar-refractivity contribution in [3.8, 4) is 16.9 Å². The summed E-state index contributed by atoms with van der Waals surface area (Å²) in [7, 11) is 3.49. The molecule has 0 bridgehead atoms. The molecule has 8 nitrogen and oxygen atoms in total. The fraction of sp³-hybridized carbons (Fsp3) is 0.200. The zero-order valence-electron chi connectivity index (χ0n) is 19.1. The van der Waals surface area contributed by atoms with Crippen molar-refractivity contribution < 1.29 is 9.13 Å². The van der Waals surface area contributed by atoms with Crippen LogP contribution in [0.3, 0.4) is 0 Å². The summed E-state index contributed by atoms with van der Waals surface area (Å²) in [6, 6.07) is 9.49. The van der Waals surface area contributed by atoms with Gasteiger partial charge in [-0.1, -0.05) is 0 Å². The van der Waals surface area contributed by atoms with Gasteiger partial charge in [0.05, 0.1) is 34.6 Å². The third-order valence-corrected chi connectivity index (χ3v) is 6.99. The lowest BCUT2D eigenvalue weighted by Crippen LogP contribution is -2.25.